The van der Waals surface area contributed by atoms with Crippen molar-refractivity contribution in [2.45, 2.75) is 6.04 Å². The number of hydrogen-bond acceptors (Lipinski definition) is 3. The van der Waals surface area contributed by atoms with Crippen molar-refractivity contribution in [1.82, 2.24) is 0 Å². The molecule has 1 aromatic carbocycles. The predicted octanol–water partition coefficient (Wildman–Crippen LogP) is 1.85. The molecule has 0 spiro atoms. The van der Waals surface area contributed by atoms with Gasteiger partial charge in [-0.05, 0) is 18.2 Å². The molecule has 84 valence electrons. The first-order valence-electron chi connectivity index (χ1n) is 3.88. The number of halogens is 2. The van der Waals surface area contributed by atoms with E-state index in [1.54, 1.807) is 12.1 Å². The van der Waals surface area contributed by atoms with E-state index in [1.807, 2.05) is 0 Å². The topological polar surface area (TPSA) is 72.5 Å². The fraction of sp³-hybridized carbons (Fsp3) is 0.222. The van der Waals surface area contributed by atoms with E-state index >= 15 is 0 Å². The number of ether oxygens (including phenoxy) is 1. The third kappa shape index (κ3) is 3.27. The van der Waals surface area contributed by atoms with Gasteiger partial charge in [-0.3, -0.25) is 4.79 Å². The lowest BCUT2D eigenvalue weighted by Crippen LogP contribution is -2.21. The van der Waals surface area contributed by atoms with Crippen molar-refractivity contribution in [2.24, 2.45) is 5.73 Å². The molecule has 0 aliphatic carbocycles. The summed E-state index contributed by atoms with van der Waals surface area (Å²) in [6.45, 7) is 0. The molecule has 0 amide bonds. The maximum Gasteiger partial charge on any atom is 0.325 e. The van der Waals surface area contributed by atoms with Gasteiger partial charge in [0.25, 0.3) is 0 Å². The summed E-state index contributed by atoms with van der Waals surface area (Å²) in [5, 5.41) is 9.15. The van der Waals surface area contributed by atoms with Crippen LogP contribution in [0.1, 0.15) is 11.6 Å². The van der Waals surface area contributed by atoms with Gasteiger partial charge in [0.1, 0.15) is 11.8 Å². The zero-order chi connectivity index (χ0) is 10.7. The number of aliphatic carboxylic acids is 1. The highest BCUT2D eigenvalue weighted by Crippen LogP contribution is 2.27. The lowest BCUT2D eigenvalue weighted by Gasteiger charge is -2.11. The molecular formula is C9H11Cl2NO3. The molecule has 1 atom stereocenters. The molecule has 0 aromatic heterocycles. The quantitative estimate of drug-likeness (QED) is 0.861. The minimum absolute atomic E-state index is 0. The molecule has 0 aliphatic heterocycles. The Morgan fingerprint density at radius 1 is 1.60 bits per heavy atom. The van der Waals surface area contributed by atoms with Gasteiger partial charge in [0.15, 0.2) is 0 Å². The molecule has 0 saturated carbocycles. The van der Waals surface area contributed by atoms with Crippen LogP contribution in [0, 0.1) is 0 Å². The van der Waals surface area contributed by atoms with Crippen molar-refractivity contribution in [3.05, 3.63) is 28.8 Å². The van der Waals surface area contributed by atoms with Gasteiger partial charge in [-0.1, -0.05) is 11.6 Å². The highest BCUT2D eigenvalue weighted by Gasteiger charge is 2.18. The first-order valence-corrected chi connectivity index (χ1v) is 4.26. The molecule has 0 aliphatic rings. The first-order chi connectivity index (χ1) is 6.56. The number of carboxylic acid groups (broad SMARTS) is 1. The van der Waals surface area contributed by atoms with Crippen molar-refractivity contribution >= 4 is 30.0 Å². The molecule has 0 heterocycles. The van der Waals surface area contributed by atoms with Crippen LogP contribution in [0.2, 0.25) is 5.02 Å². The summed E-state index contributed by atoms with van der Waals surface area (Å²) in [5.74, 6) is -0.699. The molecule has 0 radical (unpaired) electrons. The van der Waals surface area contributed by atoms with Crippen LogP contribution >= 0.6 is 24.0 Å². The number of carbonyl (C=O) groups is 1. The Bertz CT molecular complexity index is 357. The van der Waals surface area contributed by atoms with Crippen molar-refractivity contribution in [2.75, 3.05) is 7.11 Å². The Kier molecular flexibility index (Phi) is 5.43. The lowest BCUT2D eigenvalue weighted by molar-refractivity contribution is -0.138. The third-order valence-electron chi connectivity index (χ3n) is 1.79. The lowest BCUT2D eigenvalue weighted by atomic mass is 10.1. The van der Waals surface area contributed by atoms with E-state index in [4.69, 9.17) is 27.2 Å². The number of nitrogens with two attached hydrogens (primary N) is 1. The Balaban J connectivity index is 0.00000196. The monoisotopic (exact) mass is 251 g/mol. The molecule has 1 rings (SSSR count). The van der Waals surface area contributed by atoms with Crippen LogP contribution in [0.25, 0.3) is 0 Å². The average molecular weight is 252 g/mol. The Hall–Kier alpha value is -0.970. The molecule has 1 unspecified atom stereocenters. The predicted molar refractivity (Wildman–Crippen MR) is 59.8 cm³/mol. The van der Waals surface area contributed by atoms with Crippen LogP contribution in [-0.4, -0.2) is 18.2 Å². The SMILES string of the molecule is COc1ccc(Cl)cc1C(N)C(=O)O.Cl. The van der Waals surface area contributed by atoms with Gasteiger partial charge in [0, 0.05) is 10.6 Å². The van der Waals surface area contributed by atoms with Gasteiger partial charge >= 0.3 is 5.97 Å². The van der Waals surface area contributed by atoms with E-state index in [9.17, 15) is 4.79 Å². The van der Waals surface area contributed by atoms with Gasteiger partial charge in [-0.15, -0.1) is 12.4 Å². The van der Waals surface area contributed by atoms with Crippen LogP contribution in [0.3, 0.4) is 0 Å². The second-order valence-electron chi connectivity index (χ2n) is 2.70. The van der Waals surface area contributed by atoms with Crippen molar-refractivity contribution in [3.63, 3.8) is 0 Å². The molecule has 1 aromatic rings. The number of benzene rings is 1. The molecule has 4 nitrogen and oxygen atoms in total. The van der Waals surface area contributed by atoms with Crippen LogP contribution < -0.4 is 10.5 Å². The Labute approximate surface area is 98.4 Å². The summed E-state index contributed by atoms with van der Waals surface area (Å²) in [6.07, 6.45) is 0. The Morgan fingerprint density at radius 2 is 2.20 bits per heavy atom. The Morgan fingerprint density at radius 3 is 2.67 bits per heavy atom. The molecule has 6 heteroatoms. The summed E-state index contributed by atoms with van der Waals surface area (Å²) >= 11 is 5.72. The second kappa shape index (κ2) is 5.80. The van der Waals surface area contributed by atoms with Crippen molar-refractivity contribution < 1.29 is 14.6 Å². The van der Waals surface area contributed by atoms with E-state index in [1.165, 1.54) is 13.2 Å². The third-order valence-corrected chi connectivity index (χ3v) is 2.03. The smallest absolute Gasteiger partial charge is 0.325 e. The van der Waals surface area contributed by atoms with Gasteiger partial charge in [-0.2, -0.15) is 0 Å². The molecule has 0 fully saturated rings. The zero-order valence-electron chi connectivity index (χ0n) is 7.94. The fourth-order valence-electron chi connectivity index (χ4n) is 1.08. The summed E-state index contributed by atoms with van der Waals surface area (Å²) in [5.41, 5.74) is 5.81. The number of rotatable bonds is 3. The maximum atomic E-state index is 10.7. The largest absolute Gasteiger partial charge is 0.496 e. The summed E-state index contributed by atoms with van der Waals surface area (Å²) < 4.78 is 4.97. The van der Waals surface area contributed by atoms with E-state index < -0.39 is 12.0 Å². The summed E-state index contributed by atoms with van der Waals surface area (Å²) in [6, 6.07) is 3.56. The average Bonchev–Trinajstić information content (AvgIpc) is 2.16. The van der Waals surface area contributed by atoms with Crippen molar-refractivity contribution in [1.29, 1.82) is 0 Å². The minimum Gasteiger partial charge on any atom is -0.496 e. The highest BCUT2D eigenvalue weighted by atomic mass is 35.5. The fourth-order valence-corrected chi connectivity index (χ4v) is 1.26. The van der Waals surface area contributed by atoms with Crippen LogP contribution in [-0.2, 0) is 4.79 Å². The number of methoxy groups -OCH3 is 1. The van der Waals surface area contributed by atoms with E-state index in [2.05, 4.69) is 0 Å². The van der Waals surface area contributed by atoms with Crippen LogP contribution in [0.5, 0.6) is 5.75 Å². The van der Waals surface area contributed by atoms with Crippen molar-refractivity contribution in [3.8, 4) is 5.75 Å². The number of hydrogen-bond donors (Lipinski definition) is 2. The minimum atomic E-state index is -1.12. The van der Waals surface area contributed by atoms with E-state index in [0.717, 1.165) is 0 Å². The summed E-state index contributed by atoms with van der Waals surface area (Å²) in [7, 11) is 1.45. The zero-order valence-corrected chi connectivity index (χ0v) is 9.51. The van der Waals surface area contributed by atoms with Gasteiger partial charge in [0.05, 0.1) is 7.11 Å². The van der Waals surface area contributed by atoms with Crippen LogP contribution in [0.15, 0.2) is 18.2 Å². The maximum absolute atomic E-state index is 10.7. The molecule has 0 saturated heterocycles. The second-order valence-corrected chi connectivity index (χ2v) is 3.14. The van der Waals surface area contributed by atoms with E-state index in [0.29, 0.717) is 16.3 Å². The molecular weight excluding hydrogens is 241 g/mol. The highest BCUT2D eigenvalue weighted by molar-refractivity contribution is 6.30. The normalized spacial score (nSPS) is 11.4. The van der Waals surface area contributed by atoms with Crippen LogP contribution in [0.4, 0.5) is 0 Å². The molecule has 3 N–H and O–H groups in total. The van der Waals surface area contributed by atoms with Gasteiger partial charge in [0.2, 0.25) is 0 Å². The van der Waals surface area contributed by atoms with E-state index in [-0.39, 0.29) is 12.4 Å². The van der Waals surface area contributed by atoms with Gasteiger partial charge in [-0.25, -0.2) is 0 Å². The molecule has 15 heavy (non-hydrogen) atoms. The first kappa shape index (κ1) is 14.0. The molecule has 0 bridgehead atoms. The number of carboxylic acids is 1. The standard InChI is InChI=1S/C9H10ClNO3.ClH/c1-14-7-3-2-5(10)4-6(7)8(11)9(12)13;/h2-4,8H,11H2,1H3,(H,12,13);1H. The summed E-state index contributed by atoms with van der Waals surface area (Å²) in [4.78, 5) is 10.7. The van der Waals surface area contributed by atoms with Gasteiger partial charge < -0.3 is 15.6 Å².